The van der Waals surface area contributed by atoms with Crippen molar-refractivity contribution in [1.82, 2.24) is 0 Å². The third-order valence-corrected chi connectivity index (χ3v) is 3.72. The van der Waals surface area contributed by atoms with E-state index in [4.69, 9.17) is 17.3 Å². The molecule has 1 aliphatic heterocycles. The highest BCUT2D eigenvalue weighted by Gasteiger charge is 2.21. The van der Waals surface area contributed by atoms with Crippen LogP contribution in [-0.2, 0) is 0 Å². The van der Waals surface area contributed by atoms with Crippen molar-refractivity contribution in [3.8, 4) is 0 Å². The highest BCUT2D eigenvalue weighted by atomic mass is 35.5. The minimum atomic E-state index is -0.817. The number of carbonyl (C=O) groups is 1. The summed E-state index contributed by atoms with van der Waals surface area (Å²) in [5, 5.41) is 2.90. The van der Waals surface area contributed by atoms with Crippen molar-refractivity contribution in [3.63, 3.8) is 0 Å². The van der Waals surface area contributed by atoms with Gasteiger partial charge in [0.25, 0.3) is 0 Å². The van der Waals surface area contributed by atoms with Crippen molar-refractivity contribution in [3.05, 3.63) is 70.4 Å². The molecule has 3 N–H and O–H groups in total. The van der Waals surface area contributed by atoms with Gasteiger partial charge in [0, 0.05) is 11.8 Å². The number of carbonyl (C=O) groups excluding carboxylic acids is 1. The lowest BCUT2D eigenvalue weighted by Gasteiger charge is -2.08. The van der Waals surface area contributed by atoms with Gasteiger partial charge in [-0.3, -0.25) is 4.79 Å². The second kappa shape index (κ2) is 6.82. The SMILES string of the molecule is N/C=C(/Cl)C1=NC(c2c(F)cccc2F)=Nc2ccc(C=O)cc2N1. The highest BCUT2D eigenvalue weighted by Crippen LogP contribution is 2.31. The molecule has 0 atom stereocenters. The summed E-state index contributed by atoms with van der Waals surface area (Å²) in [4.78, 5) is 19.3. The molecule has 1 aliphatic rings. The largest absolute Gasteiger partial charge is 0.403 e. The number of nitrogens with two attached hydrogens (primary N) is 1. The Morgan fingerprint density at radius 1 is 1.16 bits per heavy atom. The molecule has 0 radical (unpaired) electrons. The summed E-state index contributed by atoms with van der Waals surface area (Å²) in [6, 6.07) is 8.02. The number of aliphatic imine (C=N–C) groups is 2. The van der Waals surface area contributed by atoms with Crippen LogP contribution in [0.1, 0.15) is 15.9 Å². The van der Waals surface area contributed by atoms with E-state index in [1.807, 2.05) is 0 Å². The van der Waals surface area contributed by atoms with Crippen LogP contribution >= 0.6 is 11.6 Å². The molecule has 0 aromatic heterocycles. The molecule has 25 heavy (non-hydrogen) atoms. The minimum absolute atomic E-state index is 0.0220. The van der Waals surface area contributed by atoms with Gasteiger partial charge in [0.15, 0.2) is 11.7 Å². The number of anilines is 1. The summed E-state index contributed by atoms with van der Waals surface area (Å²) >= 11 is 6.02. The first-order chi connectivity index (χ1) is 12.0. The van der Waals surface area contributed by atoms with E-state index in [-0.39, 0.29) is 16.7 Å². The Balaban J connectivity index is 2.26. The number of benzene rings is 2. The Bertz CT molecular complexity index is 933. The monoisotopic (exact) mass is 360 g/mol. The molecular formula is C17H11ClF2N4O. The van der Waals surface area contributed by atoms with Crippen LogP contribution in [0.2, 0.25) is 0 Å². The normalized spacial score (nSPS) is 14.0. The fourth-order valence-corrected chi connectivity index (χ4v) is 2.33. The first kappa shape index (κ1) is 16.8. The Hall–Kier alpha value is -3.06. The molecule has 1 heterocycles. The van der Waals surface area contributed by atoms with Gasteiger partial charge in [-0.1, -0.05) is 17.7 Å². The van der Waals surface area contributed by atoms with Crippen LogP contribution in [0, 0.1) is 11.6 Å². The molecule has 0 aliphatic carbocycles. The molecule has 0 amide bonds. The zero-order valence-corrected chi connectivity index (χ0v) is 13.4. The number of amidine groups is 2. The van der Waals surface area contributed by atoms with E-state index in [1.54, 1.807) is 0 Å². The summed E-state index contributed by atoms with van der Waals surface area (Å²) in [5.74, 6) is -1.80. The molecule has 0 bridgehead atoms. The first-order valence-electron chi connectivity index (χ1n) is 7.09. The second-order valence-corrected chi connectivity index (χ2v) is 5.43. The maximum Gasteiger partial charge on any atom is 0.168 e. The molecule has 0 unspecified atom stereocenters. The predicted molar refractivity (Wildman–Crippen MR) is 93.6 cm³/mol. The lowest BCUT2D eigenvalue weighted by atomic mass is 10.1. The van der Waals surface area contributed by atoms with Crippen molar-refractivity contribution >= 4 is 40.9 Å². The van der Waals surface area contributed by atoms with E-state index in [2.05, 4.69) is 15.3 Å². The average Bonchev–Trinajstić information content (AvgIpc) is 2.79. The van der Waals surface area contributed by atoms with E-state index in [0.717, 1.165) is 18.3 Å². The van der Waals surface area contributed by atoms with Crippen molar-refractivity contribution in [1.29, 1.82) is 0 Å². The number of hydrogen-bond acceptors (Lipinski definition) is 5. The standard InChI is InChI=1S/C17H11ClF2N4O/c18-10(7-21)16-23-14-6-9(8-25)4-5-13(14)22-17(24-16)15-11(19)2-1-3-12(15)20/h1-8H,21H2,(H,22,23,24)/b10-7+. The first-order valence-corrected chi connectivity index (χ1v) is 7.47. The van der Waals surface area contributed by atoms with Gasteiger partial charge in [-0.15, -0.1) is 0 Å². The molecule has 0 spiro atoms. The number of nitrogens with zero attached hydrogens (tertiary/aromatic N) is 2. The number of halogens is 3. The van der Waals surface area contributed by atoms with Gasteiger partial charge in [-0.05, 0) is 30.3 Å². The Kier molecular flexibility index (Phi) is 4.58. The quantitative estimate of drug-likeness (QED) is 0.819. The number of nitrogens with one attached hydrogen (secondary N) is 1. The summed E-state index contributed by atoms with van der Waals surface area (Å²) < 4.78 is 28.3. The Labute approximate surface area is 146 Å². The number of hydrogen-bond donors (Lipinski definition) is 2. The topological polar surface area (TPSA) is 79.8 Å². The smallest absolute Gasteiger partial charge is 0.168 e. The molecule has 0 saturated carbocycles. The van der Waals surface area contributed by atoms with Crippen LogP contribution in [0.3, 0.4) is 0 Å². The van der Waals surface area contributed by atoms with Crippen molar-refractivity contribution in [2.45, 2.75) is 0 Å². The summed E-state index contributed by atoms with van der Waals surface area (Å²) in [7, 11) is 0. The lowest BCUT2D eigenvalue weighted by molar-refractivity contribution is 0.112. The van der Waals surface area contributed by atoms with Crippen LogP contribution in [0.5, 0.6) is 0 Å². The molecule has 3 rings (SSSR count). The number of fused-ring (bicyclic) bond motifs is 1. The minimum Gasteiger partial charge on any atom is -0.403 e. The third kappa shape index (κ3) is 3.27. The zero-order chi connectivity index (χ0) is 18.0. The Morgan fingerprint density at radius 3 is 2.52 bits per heavy atom. The fourth-order valence-electron chi connectivity index (χ4n) is 2.24. The van der Waals surface area contributed by atoms with Crippen LogP contribution in [0.4, 0.5) is 20.2 Å². The molecule has 0 fully saturated rings. The van der Waals surface area contributed by atoms with Crippen LogP contribution in [0.15, 0.2) is 57.6 Å². The molecule has 2 aromatic rings. The predicted octanol–water partition coefficient (Wildman–Crippen LogP) is 3.72. The average molecular weight is 361 g/mol. The molecule has 126 valence electrons. The van der Waals surface area contributed by atoms with Crippen molar-refractivity contribution in [2.24, 2.45) is 15.7 Å². The van der Waals surface area contributed by atoms with E-state index < -0.39 is 17.2 Å². The van der Waals surface area contributed by atoms with Gasteiger partial charge >= 0.3 is 0 Å². The highest BCUT2D eigenvalue weighted by molar-refractivity contribution is 6.46. The zero-order valence-electron chi connectivity index (χ0n) is 12.6. The fraction of sp³-hybridized carbons (Fsp3) is 0. The third-order valence-electron chi connectivity index (χ3n) is 3.41. The van der Waals surface area contributed by atoms with E-state index in [0.29, 0.717) is 23.2 Å². The van der Waals surface area contributed by atoms with Gasteiger partial charge < -0.3 is 11.1 Å². The van der Waals surface area contributed by atoms with Gasteiger partial charge in [-0.25, -0.2) is 18.8 Å². The molecule has 5 nitrogen and oxygen atoms in total. The van der Waals surface area contributed by atoms with Crippen molar-refractivity contribution in [2.75, 3.05) is 5.32 Å². The molecule has 2 aromatic carbocycles. The maximum atomic E-state index is 14.1. The van der Waals surface area contributed by atoms with Gasteiger partial charge in [0.2, 0.25) is 0 Å². The van der Waals surface area contributed by atoms with E-state index >= 15 is 0 Å². The molecular weight excluding hydrogens is 350 g/mol. The van der Waals surface area contributed by atoms with Crippen molar-refractivity contribution < 1.29 is 13.6 Å². The molecule has 8 heteroatoms. The summed E-state index contributed by atoms with van der Waals surface area (Å²) in [6.07, 6.45) is 1.74. The van der Waals surface area contributed by atoms with Gasteiger partial charge in [0.05, 0.1) is 22.0 Å². The summed E-state index contributed by atoms with van der Waals surface area (Å²) in [5.41, 5.74) is 6.14. The van der Waals surface area contributed by atoms with Gasteiger partial charge in [0.1, 0.15) is 17.9 Å². The van der Waals surface area contributed by atoms with Crippen LogP contribution in [-0.4, -0.2) is 18.0 Å². The summed E-state index contributed by atoms with van der Waals surface area (Å²) in [6.45, 7) is 0. The Morgan fingerprint density at radius 2 is 1.88 bits per heavy atom. The lowest BCUT2D eigenvalue weighted by Crippen LogP contribution is -2.15. The second-order valence-electron chi connectivity index (χ2n) is 5.03. The maximum absolute atomic E-state index is 14.1. The number of aldehydes is 1. The van der Waals surface area contributed by atoms with Crippen LogP contribution < -0.4 is 11.1 Å². The van der Waals surface area contributed by atoms with E-state index in [9.17, 15) is 13.6 Å². The molecule has 0 saturated heterocycles. The van der Waals surface area contributed by atoms with Gasteiger partial charge in [-0.2, -0.15) is 0 Å². The van der Waals surface area contributed by atoms with E-state index in [1.165, 1.54) is 24.3 Å². The number of rotatable bonds is 3. The van der Waals surface area contributed by atoms with Crippen LogP contribution in [0.25, 0.3) is 0 Å².